The molecule has 0 amide bonds. The highest BCUT2D eigenvalue weighted by Gasteiger charge is 2.33. The first-order chi connectivity index (χ1) is 7.73. The van der Waals surface area contributed by atoms with Gasteiger partial charge < -0.3 is 10.6 Å². The Kier molecular flexibility index (Phi) is 4.26. The molecule has 0 atom stereocenters. The zero-order chi connectivity index (χ0) is 11.4. The monoisotopic (exact) mass is 224 g/mol. The molecule has 94 valence electrons. The Hall–Kier alpha value is -0.0800. The number of hydrogen-bond donors (Lipinski definition) is 1. The first kappa shape index (κ1) is 12.4. The molecule has 2 heteroatoms. The van der Waals surface area contributed by atoms with E-state index < -0.39 is 0 Å². The summed E-state index contributed by atoms with van der Waals surface area (Å²) in [5.41, 5.74) is 6.62. The lowest BCUT2D eigenvalue weighted by molar-refractivity contribution is 0.227. The minimum atomic E-state index is 0.194. The Labute approximate surface area is 101 Å². The van der Waals surface area contributed by atoms with Crippen LogP contribution in [0.3, 0.4) is 0 Å². The van der Waals surface area contributed by atoms with Crippen LogP contribution in [0.1, 0.15) is 64.7 Å². The van der Waals surface area contributed by atoms with E-state index in [1.54, 1.807) is 0 Å². The van der Waals surface area contributed by atoms with E-state index >= 15 is 0 Å². The van der Waals surface area contributed by atoms with Crippen molar-refractivity contribution in [1.82, 2.24) is 4.90 Å². The van der Waals surface area contributed by atoms with Crippen LogP contribution < -0.4 is 5.73 Å². The molecule has 0 aliphatic heterocycles. The summed E-state index contributed by atoms with van der Waals surface area (Å²) in [6.07, 6.45) is 12.0. The maximum absolute atomic E-state index is 6.43. The molecule has 0 aromatic heterocycles. The zero-order valence-corrected chi connectivity index (χ0v) is 10.9. The van der Waals surface area contributed by atoms with Crippen LogP contribution in [0, 0.1) is 0 Å². The van der Waals surface area contributed by atoms with Crippen molar-refractivity contribution >= 4 is 0 Å². The molecular formula is C14H28N2. The third-order valence-corrected chi connectivity index (χ3v) is 4.36. The van der Waals surface area contributed by atoms with Gasteiger partial charge in [0.05, 0.1) is 0 Å². The van der Waals surface area contributed by atoms with Crippen molar-refractivity contribution in [3.63, 3.8) is 0 Å². The molecule has 0 aromatic carbocycles. The van der Waals surface area contributed by atoms with E-state index in [-0.39, 0.29) is 5.54 Å². The van der Waals surface area contributed by atoms with Crippen LogP contribution in [0.2, 0.25) is 0 Å². The fourth-order valence-corrected chi connectivity index (χ4v) is 2.97. The van der Waals surface area contributed by atoms with Gasteiger partial charge >= 0.3 is 0 Å². The highest BCUT2D eigenvalue weighted by atomic mass is 15.2. The second-order valence-corrected chi connectivity index (χ2v) is 5.94. The van der Waals surface area contributed by atoms with E-state index in [9.17, 15) is 0 Å². The molecule has 0 bridgehead atoms. The van der Waals surface area contributed by atoms with Crippen LogP contribution in [0.4, 0.5) is 0 Å². The summed E-state index contributed by atoms with van der Waals surface area (Å²) in [6, 6.07) is 0.913. The summed E-state index contributed by atoms with van der Waals surface area (Å²) in [5, 5.41) is 0. The second kappa shape index (κ2) is 5.50. The normalized spacial score (nSPS) is 24.2. The molecular weight excluding hydrogens is 196 g/mol. The van der Waals surface area contributed by atoms with Crippen LogP contribution in [-0.4, -0.2) is 29.6 Å². The summed E-state index contributed by atoms with van der Waals surface area (Å²) in [5.74, 6) is 0. The van der Waals surface area contributed by atoms with E-state index in [0.29, 0.717) is 0 Å². The molecule has 2 saturated carbocycles. The summed E-state index contributed by atoms with van der Waals surface area (Å²) < 4.78 is 0. The quantitative estimate of drug-likeness (QED) is 0.720. The summed E-state index contributed by atoms with van der Waals surface area (Å²) in [4.78, 5) is 2.70. The van der Waals surface area contributed by atoms with Gasteiger partial charge in [-0.25, -0.2) is 0 Å². The van der Waals surface area contributed by atoms with E-state index in [1.165, 1.54) is 70.9 Å². The van der Waals surface area contributed by atoms with Crippen molar-refractivity contribution in [1.29, 1.82) is 0 Å². The second-order valence-electron chi connectivity index (χ2n) is 5.94. The van der Waals surface area contributed by atoms with Gasteiger partial charge in [-0.1, -0.05) is 26.2 Å². The summed E-state index contributed by atoms with van der Waals surface area (Å²) in [7, 11) is 0. The molecule has 16 heavy (non-hydrogen) atoms. The molecule has 0 spiro atoms. The van der Waals surface area contributed by atoms with Gasteiger partial charge in [0.2, 0.25) is 0 Å². The van der Waals surface area contributed by atoms with Crippen molar-refractivity contribution in [2.45, 2.75) is 76.3 Å². The molecule has 0 heterocycles. The maximum Gasteiger partial charge on any atom is 0.0166 e. The molecule has 0 radical (unpaired) electrons. The standard InChI is InChI=1S/C14H28N2/c1-2-3-11-16(13-6-7-13)12-10-14(15)8-4-5-9-14/h13H,2-12,15H2,1H3. The highest BCUT2D eigenvalue weighted by Crippen LogP contribution is 2.32. The molecule has 2 aliphatic carbocycles. The van der Waals surface area contributed by atoms with Crippen LogP contribution in [0.25, 0.3) is 0 Å². The van der Waals surface area contributed by atoms with Crippen LogP contribution in [0.5, 0.6) is 0 Å². The average molecular weight is 224 g/mol. The van der Waals surface area contributed by atoms with Crippen molar-refractivity contribution < 1.29 is 0 Å². The average Bonchev–Trinajstić information content (AvgIpc) is 3.02. The summed E-state index contributed by atoms with van der Waals surface area (Å²) in [6.45, 7) is 4.84. The Balaban J connectivity index is 1.72. The highest BCUT2D eigenvalue weighted by molar-refractivity contribution is 4.92. The Bertz CT molecular complexity index is 205. The fourth-order valence-electron chi connectivity index (χ4n) is 2.97. The van der Waals surface area contributed by atoms with Gasteiger partial charge in [-0.2, -0.15) is 0 Å². The van der Waals surface area contributed by atoms with E-state index in [4.69, 9.17) is 5.73 Å². The third kappa shape index (κ3) is 3.46. The van der Waals surface area contributed by atoms with Gasteiger partial charge in [-0.15, -0.1) is 0 Å². The lowest BCUT2D eigenvalue weighted by Crippen LogP contribution is -2.41. The third-order valence-electron chi connectivity index (χ3n) is 4.36. The molecule has 0 saturated heterocycles. The molecule has 2 rings (SSSR count). The number of nitrogens with zero attached hydrogens (tertiary/aromatic N) is 1. The minimum Gasteiger partial charge on any atom is -0.325 e. The van der Waals surface area contributed by atoms with Gasteiger partial charge in [0.1, 0.15) is 0 Å². The molecule has 0 aromatic rings. The topological polar surface area (TPSA) is 29.3 Å². The van der Waals surface area contributed by atoms with Crippen molar-refractivity contribution in [2.24, 2.45) is 5.73 Å². The number of nitrogens with two attached hydrogens (primary N) is 1. The van der Waals surface area contributed by atoms with Crippen LogP contribution >= 0.6 is 0 Å². The molecule has 2 aliphatic rings. The fraction of sp³-hybridized carbons (Fsp3) is 1.00. The number of hydrogen-bond acceptors (Lipinski definition) is 2. The lowest BCUT2D eigenvalue weighted by Gasteiger charge is -2.29. The number of rotatable bonds is 7. The first-order valence-corrected chi connectivity index (χ1v) is 7.26. The Morgan fingerprint density at radius 3 is 2.44 bits per heavy atom. The van der Waals surface area contributed by atoms with E-state index in [1.807, 2.05) is 0 Å². The van der Waals surface area contributed by atoms with Crippen molar-refractivity contribution in [3.05, 3.63) is 0 Å². The van der Waals surface area contributed by atoms with Crippen molar-refractivity contribution in [3.8, 4) is 0 Å². The lowest BCUT2D eigenvalue weighted by atomic mass is 9.94. The van der Waals surface area contributed by atoms with Crippen LogP contribution in [-0.2, 0) is 0 Å². The largest absolute Gasteiger partial charge is 0.325 e. The molecule has 0 unspecified atom stereocenters. The summed E-state index contributed by atoms with van der Waals surface area (Å²) >= 11 is 0. The van der Waals surface area contributed by atoms with E-state index in [0.717, 1.165) is 6.04 Å². The first-order valence-electron chi connectivity index (χ1n) is 7.26. The zero-order valence-electron chi connectivity index (χ0n) is 10.9. The van der Waals surface area contributed by atoms with Gasteiger partial charge in [0.25, 0.3) is 0 Å². The van der Waals surface area contributed by atoms with Crippen molar-refractivity contribution in [2.75, 3.05) is 13.1 Å². The van der Waals surface area contributed by atoms with Gasteiger partial charge in [-0.3, -0.25) is 0 Å². The predicted molar refractivity (Wildman–Crippen MR) is 69.5 cm³/mol. The predicted octanol–water partition coefficient (Wildman–Crippen LogP) is 2.91. The van der Waals surface area contributed by atoms with Crippen LogP contribution in [0.15, 0.2) is 0 Å². The van der Waals surface area contributed by atoms with E-state index in [2.05, 4.69) is 11.8 Å². The molecule has 2 nitrogen and oxygen atoms in total. The molecule has 2 fully saturated rings. The SMILES string of the molecule is CCCCN(CCC1(N)CCCC1)C1CC1. The van der Waals surface area contributed by atoms with Gasteiger partial charge in [0.15, 0.2) is 0 Å². The minimum absolute atomic E-state index is 0.194. The Morgan fingerprint density at radius 1 is 1.19 bits per heavy atom. The molecule has 2 N–H and O–H groups in total. The van der Waals surface area contributed by atoms with Gasteiger partial charge in [0, 0.05) is 18.1 Å². The number of unbranched alkanes of at least 4 members (excludes halogenated alkanes) is 1. The smallest absolute Gasteiger partial charge is 0.0166 e. The Morgan fingerprint density at radius 2 is 1.88 bits per heavy atom. The maximum atomic E-state index is 6.43. The van der Waals surface area contributed by atoms with Gasteiger partial charge in [-0.05, 0) is 45.1 Å².